The summed E-state index contributed by atoms with van der Waals surface area (Å²) in [5.74, 6) is 0.746. The number of thioether (sulfide) groups is 1. The van der Waals surface area contributed by atoms with Gasteiger partial charge in [-0.05, 0) is 37.1 Å². The molecule has 3 heterocycles. The van der Waals surface area contributed by atoms with Crippen molar-refractivity contribution < 1.29 is 9.59 Å². The third-order valence-corrected chi connectivity index (χ3v) is 5.87. The fourth-order valence-corrected chi connectivity index (χ4v) is 4.48. The van der Waals surface area contributed by atoms with Gasteiger partial charge in [-0.15, -0.1) is 11.8 Å². The molecule has 0 radical (unpaired) electrons. The summed E-state index contributed by atoms with van der Waals surface area (Å²) in [4.78, 5) is 31.6. The first-order valence-corrected chi connectivity index (χ1v) is 9.51. The smallest absolute Gasteiger partial charge is 0.239 e. The summed E-state index contributed by atoms with van der Waals surface area (Å²) in [6, 6.07) is 10.0. The molecule has 1 fully saturated rings. The number of hydrogen-bond acceptors (Lipinski definition) is 5. The van der Waals surface area contributed by atoms with Crippen LogP contribution in [0.2, 0.25) is 0 Å². The zero-order valence-corrected chi connectivity index (χ0v) is 15.3. The second kappa shape index (κ2) is 6.99. The highest BCUT2D eigenvalue weighted by Crippen LogP contribution is 2.38. The quantitative estimate of drug-likeness (QED) is 0.867. The minimum Gasteiger partial charge on any atom is -0.353 e. The number of fused-ring (bicyclic) bond motifs is 1. The SMILES string of the molecule is Cc1ccc2c(c1)S[C@H](C(=O)Nc1ccc(N3CCNC(=O)C3)nc1)C2. The first kappa shape index (κ1) is 16.9. The topological polar surface area (TPSA) is 74.3 Å². The van der Waals surface area contributed by atoms with Crippen molar-refractivity contribution in [3.8, 4) is 0 Å². The highest BCUT2D eigenvalue weighted by Gasteiger charge is 2.28. The summed E-state index contributed by atoms with van der Waals surface area (Å²) in [5.41, 5.74) is 3.12. The van der Waals surface area contributed by atoms with E-state index >= 15 is 0 Å². The number of aromatic nitrogens is 1. The van der Waals surface area contributed by atoms with Crippen molar-refractivity contribution in [2.75, 3.05) is 29.9 Å². The maximum atomic E-state index is 12.6. The van der Waals surface area contributed by atoms with Crippen LogP contribution in [-0.4, -0.2) is 41.7 Å². The van der Waals surface area contributed by atoms with Crippen LogP contribution in [0.3, 0.4) is 0 Å². The Labute approximate surface area is 156 Å². The number of carbonyl (C=O) groups is 2. The third-order valence-electron chi connectivity index (χ3n) is 4.57. The highest BCUT2D eigenvalue weighted by molar-refractivity contribution is 8.01. The maximum Gasteiger partial charge on any atom is 0.239 e. The lowest BCUT2D eigenvalue weighted by Gasteiger charge is -2.27. The number of nitrogens with one attached hydrogen (secondary N) is 2. The van der Waals surface area contributed by atoms with Gasteiger partial charge >= 0.3 is 0 Å². The molecular weight excluding hydrogens is 348 g/mol. The van der Waals surface area contributed by atoms with Crippen LogP contribution >= 0.6 is 11.8 Å². The van der Waals surface area contributed by atoms with Crippen molar-refractivity contribution in [3.05, 3.63) is 47.7 Å². The van der Waals surface area contributed by atoms with Gasteiger partial charge in [0.2, 0.25) is 11.8 Å². The number of amides is 2. The molecular formula is C19H20N4O2S. The first-order chi connectivity index (χ1) is 12.6. The van der Waals surface area contributed by atoms with Crippen LogP contribution < -0.4 is 15.5 Å². The molecule has 1 aromatic carbocycles. The summed E-state index contributed by atoms with van der Waals surface area (Å²) in [5, 5.41) is 5.63. The number of aryl methyl sites for hydroxylation is 1. The number of anilines is 2. The fourth-order valence-electron chi connectivity index (χ4n) is 3.18. The number of hydrogen-bond donors (Lipinski definition) is 2. The monoisotopic (exact) mass is 368 g/mol. The van der Waals surface area contributed by atoms with E-state index < -0.39 is 0 Å². The van der Waals surface area contributed by atoms with Crippen LogP contribution in [0.5, 0.6) is 0 Å². The number of rotatable bonds is 3. The van der Waals surface area contributed by atoms with Crippen LogP contribution in [-0.2, 0) is 16.0 Å². The molecule has 0 unspecified atom stereocenters. The summed E-state index contributed by atoms with van der Waals surface area (Å²) in [6.45, 7) is 3.74. The average Bonchev–Trinajstić information content (AvgIpc) is 3.05. The van der Waals surface area contributed by atoms with E-state index in [4.69, 9.17) is 0 Å². The molecule has 0 saturated carbocycles. The summed E-state index contributed by atoms with van der Waals surface area (Å²) >= 11 is 1.62. The Morgan fingerprint density at radius 1 is 1.35 bits per heavy atom. The molecule has 2 aromatic rings. The Morgan fingerprint density at radius 2 is 2.23 bits per heavy atom. The van der Waals surface area contributed by atoms with Crippen LogP contribution in [0.1, 0.15) is 11.1 Å². The Hall–Kier alpha value is -2.54. The average molecular weight is 368 g/mol. The van der Waals surface area contributed by atoms with Gasteiger partial charge in [-0.2, -0.15) is 0 Å². The molecule has 4 rings (SSSR count). The van der Waals surface area contributed by atoms with Gasteiger partial charge in [0.25, 0.3) is 0 Å². The summed E-state index contributed by atoms with van der Waals surface area (Å²) < 4.78 is 0. The Morgan fingerprint density at radius 3 is 3.00 bits per heavy atom. The van der Waals surface area contributed by atoms with Gasteiger partial charge in [-0.1, -0.05) is 17.7 Å². The van der Waals surface area contributed by atoms with Gasteiger partial charge in [-0.3, -0.25) is 9.59 Å². The summed E-state index contributed by atoms with van der Waals surface area (Å²) in [7, 11) is 0. The molecule has 0 aliphatic carbocycles. The van der Waals surface area contributed by atoms with Crippen LogP contribution in [0.4, 0.5) is 11.5 Å². The number of benzene rings is 1. The lowest BCUT2D eigenvalue weighted by Crippen LogP contribution is -2.48. The van der Waals surface area contributed by atoms with Gasteiger partial charge in [0.1, 0.15) is 5.82 Å². The van der Waals surface area contributed by atoms with Gasteiger partial charge < -0.3 is 15.5 Å². The molecule has 134 valence electrons. The number of carbonyl (C=O) groups excluding carboxylic acids is 2. The Kier molecular flexibility index (Phi) is 4.55. The van der Waals surface area contributed by atoms with Crippen molar-refractivity contribution in [2.24, 2.45) is 0 Å². The molecule has 26 heavy (non-hydrogen) atoms. The predicted molar refractivity (Wildman–Crippen MR) is 103 cm³/mol. The fraction of sp³-hybridized carbons (Fsp3) is 0.316. The Balaban J connectivity index is 1.38. The lowest BCUT2D eigenvalue weighted by molar-refractivity contribution is -0.120. The lowest BCUT2D eigenvalue weighted by atomic mass is 10.1. The van der Waals surface area contributed by atoms with Crippen molar-refractivity contribution in [3.63, 3.8) is 0 Å². The minimum absolute atomic E-state index is 0.00323. The van der Waals surface area contributed by atoms with E-state index in [9.17, 15) is 9.59 Å². The molecule has 1 aromatic heterocycles. The van der Waals surface area contributed by atoms with Crippen LogP contribution in [0.15, 0.2) is 41.4 Å². The van der Waals surface area contributed by atoms with E-state index in [2.05, 4.69) is 40.7 Å². The van der Waals surface area contributed by atoms with Gasteiger partial charge in [0.15, 0.2) is 0 Å². The van der Waals surface area contributed by atoms with E-state index in [1.54, 1.807) is 18.0 Å². The van der Waals surface area contributed by atoms with Crippen molar-refractivity contribution in [2.45, 2.75) is 23.5 Å². The number of pyridine rings is 1. The van der Waals surface area contributed by atoms with E-state index in [-0.39, 0.29) is 17.1 Å². The molecule has 2 aliphatic rings. The van der Waals surface area contributed by atoms with Crippen LogP contribution in [0, 0.1) is 6.92 Å². The molecule has 2 N–H and O–H groups in total. The zero-order valence-electron chi connectivity index (χ0n) is 14.5. The molecule has 2 amide bonds. The van der Waals surface area contributed by atoms with E-state index in [1.165, 1.54) is 16.0 Å². The number of piperazine rings is 1. The second-order valence-electron chi connectivity index (χ2n) is 6.59. The van der Waals surface area contributed by atoms with E-state index in [0.29, 0.717) is 18.8 Å². The molecule has 0 bridgehead atoms. The zero-order chi connectivity index (χ0) is 18.1. The van der Waals surface area contributed by atoms with Crippen molar-refractivity contribution in [1.29, 1.82) is 0 Å². The molecule has 0 spiro atoms. The molecule has 1 saturated heterocycles. The van der Waals surface area contributed by atoms with E-state index in [1.807, 2.05) is 17.0 Å². The standard InChI is InChI=1S/C19H20N4O2S/c1-12-2-3-13-9-16(26-15(13)8-12)19(25)22-14-4-5-17(21-10-14)23-7-6-20-18(24)11-23/h2-5,8,10,16H,6-7,9,11H2,1H3,(H,20,24)(H,22,25)/t16-/m0/s1. The highest BCUT2D eigenvalue weighted by atomic mass is 32.2. The summed E-state index contributed by atoms with van der Waals surface area (Å²) in [6.07, 6.45) is 2.40. The third kappa shape index (κ3) is 3.53. The van der Waals surface area contributed by atoms with Gasteiger partial charge in [0, 0.05) is 18.0 Å². The second-order valence-corrected chi connectivity index (χ2v) is 7.83. The Bertz CT molecular complexity index is 853. The maximum absolute atomic E-state index is 12.6. The normalized spacial score (nSPS) is 19.0. The molecule has 1 atom stereocenters. The largest absolute Gasteiger partial charge is 0.353 e. The molecule has 2 aliphatic heterocycles. The number of nitrogens with zero attached hydrogens (tertiary/aromatic N) is 2. The van der Waals surface area contributed by atoms with Gasteiger partial charge in [-0.25, -0.2) is 4.98 Å². The van der Waals surface area contributed by atoms with Crippen molar-refractivity contribution >= 4 is 35.1 Å². The molecule has 7 heteroatoms. The first-order valence-electron chi connectivity index (χ1n) is 8.63. The minimum atomic E-state index is -0.114. The van der Waals surface area contributed by atoms with Crippen molar-refractivity contribution in [1.82, 2.24) is 10.3 Å². The van der Waals surface area contributed by atoms with Gasteiger partial charge in [0.05, 0.1) is 23.7 Å². The van der Waals surface area contributed by atoms with Crippen LogP contribution in [0.25, 0.3) is 0 Å². The molecule has 6 nitrogen and oxygen atoms in total. The predicted octanol–water partition coefficient (Wildman–Crippen LogP) is 1.98. The van der Waals surface area contributed by atoms with E-state index in [0.717, 1.165) is 18.8 Å².